The summed E-state index contributed by atoms with van der Waals surface area (Å²) < 4.78 is 5.23. The van der Waals surface area contributed by atoms with Gasteiger partial charge in [-0.15, -0.1) is 0 Å². The van der Waals surface area contributed by atoms with Crippen LogP contribution in [0.3, 0.4) is 0 Å². The molecule has 0 radical (unpaired) electrons. The van der Waals surface area contributed by atoms with Crippen LogP contribution in [0, 0.1) is 0 Å². The SMILES string of the molecule is CCCc1cccc2nc3cc(OC)ccc3nc12. The van der Waals surface area contributed by atoms with E-state index in [0.29, 0.717) is 0 Å². The molecule has 96 valence electrons. The Morgan fingerprint density at radius 1 is 1.00 bits per heavy atom. The lowest BCUT2D eigenvalue weighted by Crippen LogP contribution is -1.93. The summed E-state index contributed by atoms with van der Waals surface area (Å²) in [4.78, 5) is 9.44. The Kier molecular flexibility index (Phi) is 3.03. The maximum absolute atomic E-state index is 5.23. The molecule has 0 aliphatic rings. The first-order chi connectivity index (χ1) is 9.31. The number of nitrogens with zero attached hydrogens (tertiary/aromatic N) is 2. The molecule has 3 rings (SSSR count). The van der Waals surface area contributed by atoms with Crippen LogP contribution < -0.4 is 4.74 Å². The molecule has 0 amide bonds. The fourth-order valence-corrected chi connectivity index (χ4v) is 2.33. The number of benzene rings is 2. The molecule has 0 N–H and O–H groups in total. The molecular weight excluding hydrogens is 236 g/mol. The molecule has 0 fully saturated rings. The second kappa shape index (κ2) is 4.84. The van der Waals surface area contributed by atoms with Crippen LogP contribution in [0.4, 0.5) is 0 Å². The summed E-state index contributed by atoms with van der Waals surface area (Å²) in [7, 11) is 1.66. The number of rotatable bonds is 3. The predicted octanol–water partition coefficient (Wildman–Crippen LogP) is 3.74. The van der Waals surface area contributed by atoms with Crippen molar-refractivity contribution in [3.63, 3.8) is 0 Å². The summed E-state index contributed by atoms with van der Waals surface area (Å²) in [6.07, 6.45) is 2.15. The van der Waals surface area contributed by atoms with Crippen LogP contribution in [-0.4, -0.2) is 17.1 Å². The fraction of sp³-hybridized carbons (Fsp3) is 0.250. The van der Waals surface area contributed by atoms with Gasteiger partial charge in [-0.2, -0.15) is 0 Å². The molecular formula is C16H16N2O. The Morgan fingerprint density at radius 3 is 2.68 bits per heavy atom. The Labute approximate surface area is 112 Å². The molecule has 0 aliphatic carbocycles. The van der Waals surface area contributed by atoms with Gasteiger partial charge in [-0.05, 0) is 30.2 Å². The van der Waals surface area contributed by atoms with Crippen molar-refractivity contribution < 1.29 is 4.74 Å². The van der Waals surface area contributed by atoms with Crippen LogP contribution in [0.5, 0.6) is 5.75 Å². The first-order valence-electron chi connectivity index (χ1n) is 6.55. The average Bonchev–Trinajstić information content (AvgIpc) is 2.45. The molecule has 3 aromatic rings. The highest BCUT2D eigenvalue weighted by Gasteiger charge is 2.06. The fourth-order valence-electron chi connectivity index (χ4n) is 2.33. The Balaban J connectivity index is 2.28. The van der Waals surface area contributed by atoms with E-state index < -0.39 is 0 Å². The van der Waals surface area contributed by atoms with Gasteiger partial charge in [0.25, 0.3) is 0 Å². The van der Waals surface area contributed by atoms with Gasteiger partial charge in [-0.3, -0.25) is 0 Å². The van der Waals surface area contributed by atoms with E-state index in [2.05, 4.69) is 18.0 Å². The maximum atomic E-state index is 5.23. The average molecular weight is 252 g/mol. The van der Waals surface area contributed by atoms with Crippen LogP contribution >= 0.6 is 0 Å². The minimum atomic E-state index is 0.811. The van der Waals surface area contributed by atoms with E-state index in [4.69, 9.17) is 9.72 Å². The topological polar surface area (TPSA) is 35.0 Å². The second-order valence-electron chi connectivity index (χ2n) is 4.61. The second-order valence-corrected chi connectivity index (χ2v) is 4.61. The highest BCUT2D eigenvalue weighted by atomic mass is 16.5. The minimum absolute atomic E-state index is 0.811. The van der Waals surface area contributed by atoms with Crippen LogP contribution in [0.1, 0.15) is 18.9 Å². The molecule has 2 aromatic carbocycles. The van der Waals surface area contributed by atoms with E-state index in [0.717, 1.165) is 40.7 Å². The van der Waals surface area contributed by atoms with E-state index in [-0.39, 0.29) is 0 Å². The molecule has 0 bridgehead atoms. The van der Waals surface area contributed by atoms with Crippen molar-refractivity contribution in [3.8, 4) is 5.75 Å². The van der Waals surface area contributed by atoms with Gasteiger partial charge >= 0.3 is 0 Å². The van der Waals surface area contributed by atoms with Gasteiger partial charge in [-0.25, -0.2) is 9.97 Å². The number of aromatic nitrogens is 2. The quantitative estimate of drug-likeness (QED) is 0.666. The number of aryl methyl sites for hydroxylation is 1. The third-order valence-corrected chi connectivity index (χ3v) is 3.27. The highest BCUT2D eigenvalue weighted by molar-refractivity contribution is 5.88. The van der Waals surface area contributed by atoms with Crippen molar-refractivity contribution in [1.29, 1.82) is 0 Å². The third kappa shape index (κ3) is 2.12. The van der Waals surface area contributed by atoms with Crippen LogP contribution in [0.2, 0.25) is 0 Å². The molecule has 0 spiro atoms. The van der Waals surface area contributed by atoms with Crippen molar-refractivity contribution in [2.24, 2.45) is 0 Å². The van der Waals surface area contributed by atoms with E-state index in [9.17, 15) is 0 Å². The summed E-state index contributed by atoms with van der Waals surface area (Å²) >= 11 is 0. The van der Waals surface area contributed by atoms with Gasteiger partial charge in [0, 0.05) is 6.07 Å². The molecule has 0 aliphatic heterocycles. The first kappa shape index (κ1) is 11.9. The van der Waals surface area contributed by atoms with Gasteiger partial charge < -0.3 is 4.74 Å². The van der Waals surface area contributed by atoms with Gasteiger partial charge in [-0.1, -0.05) is 25.5 Å². The van der Waals surface area contributed by atoms with Crippen molar-refractivity contribution in [2.75, 3.05) is 7.11 Å². The van der Waals surface area contributed by atoms with Crippen LogP contribution in [-0.2, 0) is 6.42 Å². The number of para-hydroxylation sites is 1. The molecule has 0 atom stereocenters. The van der Waals surface area contributed by atoms with Crippen molar-refractivity contribution in [1.82, 2.24) is 9.97 Å². The molecule has 1 heterocycles. The van der Waals surface area contributed by atoms with Gasteiger partial charge in [0.1, 0.15) is 5.75 Å². The lowest BCUT2D eigenvalue weighted by atomic mass is 10.1. The Morgan fingerprint density at radius 2 is 1.89 bits per heavy atom. The summed E-state index contributed by atoms with van der Waals surface area (Å²) in [5.74, 6) is 0.811. The number of hydrogen-bond acceptors (Lipinski definition) is 3. The molecule has 3 nitrogen and oxygen atoms in total. The largest absolute Gasteiger partial charge is 0.497 e. The highest BCUT2D eigenvalue weighted by Crippen LogP contribution is 2.23. The zero-order chi connectivity index (χ0) is 13.2. The summed E-state index contributed by atoms with van der Waals surface area (Å²) in [5, 5.41) is 0. The predicted molar refractivity (Wildman–Crippen MR) is 77.6 cm³/mol. The zero-order valence-electron chi connectivity index (χ0n) is 11.2. The zero-order valence-corrected chi connectivity index (χ0v) is 11.2. The lowest BCUT2D eigenvalue weighted by Gasteiger charge is -2.07. The van der Waals surface area contributed by atoms with Crippen molar-refractivity contribution in [2.45, 2.75) is 19.8 Å². The molecule has 1 aromatic heterocycles. The van der Waals surface area contributed by atoms with E-state index >= 15 is 0 Å². The number of fused-ring (bicyclic) bond motifs is 2. The first-order valence-corrected chi connectivity index (χ1v) is 6.55. The van der Waals surface area contributed by atoms with Crippen molar-refractivity contribution >= 4 is 22.1 Å². The molecule has 0 unspecified atom stereocenters. The standard InChI is InChI=1S/C16H16N2O/c1-3-5-11-6-4-7-14-16(11)18-13-9-8-12(19-2)10-15(13)17-14/h4,6-10H,3,5H2,1-2H3. The summed E-state index contributed by atoms with van der Waals surface area (Å²) in [5.41, 5.74) is 5.02. The Bertz CT molecular complexity index is 737. The van der Waals surface area contributed by atoms with Gasteiger partial charge in [0.15, 0.2) is 0 Å². The van der Waals surface area contributed by atoms with Crippen LogP contribution in [0.25, 0.3) is 22.1 Å². The number of ether oxygens (including phenoxy) is 1. The normalized spacial score (nSPS) is 11.1. The van der Waals surface area contributed by atoms with E-state index in [1.54, 1.807) is 7.11 Å². The lowest BCUT2D eigenvalue weighted by molar-refractivity contribution is 0.415. The third-order valence-electron chi connectivity index (χ3n) is 3.27. The summed E-state index contributed by atoms with van der Waals surface area (Å²) in [6, 6.07) is 12.0. The Hall–Kier alpha value is -2.16. The monoisotopic (exact) mass is 252 g/mol. The summed E-state index contributed by atoms with van der Waals surface area (Å²) in [6.45, 7) is 2.18. The van der Waals surface area contributed by atoms with E-state index in [1.165, 1.54) is 5.56 Å². The molecule has 0 saturated carbocycles. The van der Waals surface area contributed by atoms with Gasteiger partial charge in [0.2, 0.25) is 0 Å². The molecule has 0 saturated heterocycles. The van der Waals surface area contributed by atoms with E-state index in [1.807, 2.05) is 30.3 Å². The molecule has 3 heteroatoms. The van der Waals surface area contributed by atoms with Gasteiger partial charge in [0.05, 0.1) is 29.2 Å². The number of methoxy groups -OCH3 is 1. The maximum Gasteiger partial charge on any atom is 0.121 e. The molecule has 19 heavy (non-hydrogen) atoms. The smallest absolute Gasteiger partial charge is 0.121 e. The number of hydrogen-bond donors (Lipinski definition) is 0. The minimum Gasteiger partial charge on any atom is -0.497 e. The van der Waals surface area contributed by atoms with Crippen molar-refractivity contribution in [3.05, 3.63) is 42.0 Å². The van der Waals surface area contributed by atoms with Crippen LogP contribution in [0.15, 0.2) is 36.4 Å².